The first-order valence-corrected chi connectivity index (χ1v) is 12.6. The van der Waals surface area contributed by atoms with E-state index in [2.05, 4.69) is 81.3 Å². The van der Waals surface area contributed by atoms with Crippen LogP contribution in [0.5, 0.6) is 11.6 Å². The lowest BCUT2D eigenvalue weighted by molar-refractivity contribution is 0.463. The molecule has 7 aromatic rings. The fourth-order valence-electron chi connectivity index (χ4n) is 5.02. The molecule has 4 heteroatoms. The summed E-state index contributed by atoms with van der Waals surface area (Å²) in [6.07, 6.45) is 3.62. The largest absolute Gasteiger partial charge is 0.439 e. The van der Waals surface area contributed by atoms with E-state index in [0.717, 1.165) is 44.9 Å². The molecule has 3 heterocycles. The Morgan fingerprint density at radius 2 is 1.24 bits per heavy atom. The number of ether oxygens (including phenoxy) is 1. The van der Waals surface area contributed by atoms with Crippen molar-refractivity contribution in [2.45, 2.75) is 0 Å². The molecule has 180 valence electrons. The van der Waals surface area contributed by atoms with Gasteiger partial charge in [0.2, 0.25) is 5.88 Å². The first-order valence-electron chi connectivity index (χ1n) is 12.6. The molecule has 0 saturated carbocycles. The van der Waals surface area contributed by atoms with Crippen molar-refractivity contribution in [3.05, 3.63) is 140 Å². The number of aromatic nitrogens is 3. The fourth-order valence-corrected chi connectivity index (χ4v) is 5.02. The number of hydrogen-bond donors (Lipinski definition) is 0. The van der Waals surface area contributed by atoms with Crippen LogP contribution in [-0.4, -0.2) is 14.5 Å². The summed E-state index contributed by atoms with van der Waals surface area (Å²) < 4.78 is 8.43. The molecule has 0 radical (unpaired) electrons. The molecule has 0 bridgehead atoms. The second kappa shape index (κ2) is 9.34. The van der Waals surface area contributed by atoms with Gasteiger partial charge in [-0.2, -0.15) is 0 Å². The highest BCUT2D eigenvalue weighted by Crippen LogP contribution is 2.35. The first kappa shape index (κ1) is 22.0. The Hall–Kier alpha value is -5.22. The van der Waals surface area contributed by atoms with Crippen LogP contribution < -0.4 is 4.74 Å². The zero-order chi connectivity index (χ0) is 25.3. The van der Waals surface area contributed by atoms with Crippen molar-refractivity contribution in [3.63, 3.8) is 0 Å². The van der Waals surface area contributed by atoms with Gasteiger partial charge in [0.15, 0.2) is 0 Å². The van der Waals surface area contributed by atoms with Crippen molar-refractivity contribution in [2.24, 2.45) is 0 Å². The maximum absolute atomic E-state index is 6.20. The van der Waals surface area contributed by atoms with E-state index in [-0.39, 0.29) is 0 Å². The number of pyridine rings is 2. The lowest BCUT2D eigenvalue weighted by Gasteiger charge is -2.10. The smallest absolute Gasteiger partial charge is 0.219 e. The van der Waals surface area contributed by atoms with Crippen LogP contribution in [0.3, 0.4) is 0 Å². The van der Waals surface area contributed by atoms with Crippen molar-refractivity contribution in [1.82, 2.24) is 14.5 Å². The molecule has 3 aromatic heterocycles. The average Bonchev–Trinajstić information content (AvgIpc) is 3.32. The maximum Gasteiger partial charge on any atom is 0.219 e. The van der Waals surface area contributed by atoms with Crippen LogP contribution in [0.2, 0.25) is 0 Å². The number of hydrogen-bond acceptors (Lipinski definition) is 3. The van der Waals surface area contributed by atoms with Crippen molar-refractivity contribution >= 4 is 21.8 Å². The van der Waals surface area contributed by atoms with Crippen LogP contribution in [-0.2, 0) is 0 Å². The number of nitrogens with zero attached hydrogens (tertiary/aromatic N) is 3. The molecular weight excluding hydrogens is 466 g/mol. The van der Waals surface area contributed by atoms with Gasteiger partial charge in [0, 0.05) is 29.2 Å². The minimum Gasteiger partial charge on any atom is -0.439 e. The summed E-state index contributed by atoms with van der Waals surface area (Å²) in [5.41, 5.74) is 6.63. The van der Waals surface area contributed by atoms with E-state index >= 15 is 0 Å². The third-order valence-electron chi connectivity index (χ3n) is 6.78. The molecule has 0 N–H and O–H groups in total. The molecule has 0 aliphatic rings. The molecular formula is C34H23N3O. The summed E-state index contributed by atoms with van der Waals surface area (Å²) in [4.78, 5) is 9.09. The molecule has 0 fully saturated rings. The van der Waals surface area contributed by atoms with E-state index in [1.54, 1.807) is 6.20 Å². The maximum atomic E-state index is 6.20. The highest BCUT2D eigenvalue weighted by molar-refractivity contribution is 6.10. The Morgan fingerprint density at radius 1 is 0.474 bits per heavy atom. The molecule has 0 unspecified atom stereocenters. The Morgan fingerprint density at radius 3 is 2.13 bits per heavy atom. The molecule has 0 aliphatic carbocycles. The predicted octanol–water partition coefficient (Wildman–Crippen LogP) is 8.70. The van der Waals surface area contributed by atoms with Gasteiger partial charge in [-0.25, -0.2) is 9.97 Å². The van der Waals surface area contributed by atoms with E-state index in [9.17, 15) is 0 Å². The van der Waals surface area contributed by atoms with Crippen molar-refractivity contribution in [3.8, 4) is 39.7 Å². The van der Waals surface area contributed by atoms with Gasteiger partial charge in [-0.1, -0.05) is 78.9 Å². The van der Waals surface area contributed by atoms with Gasteiger partial charge in [0.25, 0.3) is 0 Å². The highest BCUT2D eigenvalue weighted by atomic mass is 16.5. The van der Waals surface area contributed by atoms with E-state index in [4.69, 9.17) is 4.74 Å². The van der Waals surface area contributed by atoms with Gasteiger partial charge in [0.1, 0.15) is 11.6 Å². The number of rotatable bonds is 5. The van der Waals surface area contributed by atoms with Crippen LogP contribution in [0, 0.1) is 0 Å². The molecule has 0 saturated heterocycles. The van der Waals surface area contributed by atoms with E-state index in [0.29, 0.717) is 5.88 Å². The topological polar surface area (TPSA) is 39.9 Å². The standard InChI is InChI=1S/C34H23N3O/c1-2-9-24(10-3-1)27-18-20-36-34(23-27)38-28-12-8-11-25(21-28)26-16-17-30-29-13-4-5-14-31(29)37(32(30)22-26)33-15-6-7-19-35-33/h1-23H. The Labute approximate surface area is 220 Å². The summed E-state index contributed by atoms with van der Waals surface area (Å²) in [6, 6.07) is 43.4. The predicted molar refractivity (Wildman–Crippen MR) is 154 cm³/mol. The molecule has 4 aromatic carbocycles. The van der Waals surface area contributed by atoms with Crippen LogP contribution in [0.4, 0.5) is 0 Å². The molecule has 38 heavy (non-hydrogen) atoms. The van der Waals surface area contributed by atoms with Crippen LogP contribution in [0.25, 0.3) is 49.9 Å². The Kier molecular flexibility index (Phi) is 5.41. The van der Waals surface area contributed by atoms with Gasteiger partial charge < -0.3 is 4.74 Å². The molecule has 0 spiro atoms. The molecule has 0 aliphatic heterocycles. The number of fused-ring (bicyclic) bond motifs is 3. The second-order valence-corrected chi connectivity index (χ2v) is 9.15. The van der Waals surface area contributed by atoms with Gasteiger partial charge in [-0.3, -0.25) is 4.57 Å². The number of para-hydroxylation sites is 1. The minimum atomic E-state index is 0.564. The highest BCUT2D eigenvalue weighted by Gasteiger charge is 2.14. The number of benzene rings is 4. The van der Waals surface area contributed by atoms with Crippen LogP contribution in [0.15, 0.2) is 140 Å². The quantitative estimate of drug-likeness (QED) is 0.243. The van der Waals surface area contributed by atoms with E-state index < -0.39 is 0 Å². The van der Waals surface area contributed by atoms with Gasteiger partial charge in [-0.05, 0) is 64.7 Å². The van der Waals surface area contributed by atoms with Crippen LogP contribution >= 0.6 is 0 Å². The SMILES string of the molecule is c1ccc(-c2ccnc(Oc3cccc(-c4ccc5c6ccccc6n(-c6ccccn6)c5c4)c3)c2)cc1. The van der Waals surface area contributed by atoms with Crippen molar-refractivity contribution in [1.29, 1.82) is 0 Å². The van der Waals surface area contributed by atoms with E-state index in [1.807, 2.05) is 66.9 Å². The lowest BCUT2D eigenvalue weighted by Crippen LogP contribution is -1.96. The third kappa shape index (κ3) is 3.98. The second-order valence-electron chi connectivity index (χ2n) is 9.15. The Bertz CT molecular complexity index is 1890. The summed E-state index contributed by atoms with van der Waals surface area (Å²) in [7, 11) is 0. The molecule has 0 amide bonds. The molecule has 7 rings (SSSR count). The zero-order valence-electron chi connectivity index (χ0n) is 20.5. The summed E-state index contributed by atoms with van der Waals surface area (Å²) in [6.45, 7) is 0. The average molecular weight is 490 g/mol. The van der Waals surface area contributed by atoms with Crippen molar-refractivity contribution in [2.75, 3.05) is 0 Å². The Balaban J connectivity index is 1.28. The summed E-state index contributed by atoms with van der Waals surface area (Å²) in [5.74, 6) is 2.21. The normalized spacial score (nSPS) is 11.2. The van der Waals surface area contributed by atoms with Gasteiger partial charge >= 0.3 is 0 Å². The van der Waals surface area contributed by atoms with Crippen LogP contribution in [0.1, 0.15) is 0 Å². The summed E-state index contributed by atoms with van der Waals surface area (Å²) >= 11 is 0. The summed E-state index contributed by atoms with van der Waals surface area (Å²) in [5, 5.41) is 2.41. The minimum absolute atomic E-state index is 0.564. The first-order chi connectivity index (χ1) is 18.8. The van der Waals surface area contributed by atoms with Gasteiger partial charge in [0.05, 0.1) is 11.0 Å². The van der Waals surface area contributed by atoms with Crippen molar-refractivity contribution < 1.29 is 4.74 Å². The lowest BCUT2D eigenvalue weighted by atomic mass is 10.0. The molecule has 4 nitrogen and oxygen atoms in total. The fraction of sp³-hybridized carbons (Fsp3) is 0. The third-order valence-corrected chi connectivity index (χ3v) is 6.78. The molecule has 0 atom stereocenters. The monoisotopic (exact) mass is 489 g/mol. The zero-order valence-corrected chi connectivity index (χ0v) is 20.5. The van der Waals surface area contributed by atoms with Gasteiger partial charge in [-0.15, -0.1) is 0 Å². The van der Waals surface area contributed by atoms with E-state index in [1.165, 1.54) is 10.8 Å².